The summed E-state index contributed by atoms with van der Waals surface area (Å²) in [5, 5.41) is 0.428. The fourth-order valence-electron chi connectivity index (χ4n) is 2.23. The molecular weight excluding hydrogens is 262 g/mol. The number of thioether (sulfide) groups is 1. The standard InChI is InChI=1S/C18H23NS/c1-15-9-7-8-12-17(15)18(20-14-13-19(2)3)16-10-5-4-6-11-16/h4-12,18H,13-14H2,1-3H3/t18-/m1/s1. The Balaban J connectivity index is 2.23. The van der Waals surface area contributed by atoms with Crippen LogP contribution < -0.4 is 0 Å². The molecule has 0 saturated heterocycles. The highest BCUT2D eigenvalue weighted by Gasteiger charge is 2.16. The highest BCUT2D eigenvalue weighted by molar-refractivity contribution is 7.99. The second-order valence-corrected chi connectivity index (χ2v) is 6.53. The molecule has 2 aromatic carbocycles. The van der Waals surface area contributed by atoms with Gasteiger partial charge in [0.1, 0.15) is 0 Å². The Hall–Kier alpha value is -1.25. The van der Waals surface area contributed by atoms with Gasteiger partial charge in [-0.3, -0.25) is 0 Å². The summed E-state index contributed by atoms with van der Waals surface area (Å²) in [6.45, 7) is 3.32. The van der Waals surface area contributed by atoms with E-state index in [1.54, 1.807) is 0 Å². The molecule has 2 rings (SSSR count). The normalized spacial score (nSPS) is 12.6. The van der Waals surface area contributed by atoms with Gasteiger partial charge in [0.25, 0.3) is 0 Å². The predicted molar refractivity (Wildman–Crippen MR) is 90.5 cm³/mol. The van der Waals surface area contributed by atoms with E-state index in [2.05, 4.69) is 80.5 Å². The first-order chi connectivity index (χ1) is 9.68. The van der Waals surface area contributed by atoms with Crippen LogP contribution >= 0.6 is 11.8 Å². The summed E-state index contributed by atoms with van der Waals surface area (Å²) in [4.78, 5) is 2.24. The van der Waals surface area contributed by atoms with Crippen molar-refractivity contribution in [3.05, 3.63) is 71.3 Å². The van der Waals surface area contributed by atoms with Gasteiger partial charge in [0, 0.05) is 12.3 Å². The van der Waals surface area contributed by atoms with E-state index in [-0.39, 0.29) is 0 Å². The van der Waals surface area contributed by atoms with Crippen molar-refractivity contribution in [1.29, 1.82) is 0 Å². The monoisotopic (exact) mass is 285 g/mol. The van der Waals surface area contributed by atoms with Crippen molar-refractivity contribution in [1.82, 2.24) is 4.90 Å². The third-order valence-corrected chi connectivity index (χ3v) is 4.67. The largest absolute Gasteiger partial charge is 0.309 e. The lowest BCUT2D eigenvalue weighted by atomic mass is 10.0. The van der Waals surface area contributed by atoms with Gasteiger partial charge in [-0.1, -0.05) is 54.6 Å². The van der Waals surface area contributed by atoms with E-state index in [4.69, 9.17) is 0 Å². The summed E-state index contributed by atoms with van der Waals surface area (Å²) in [7, 11) is 4.26. The maximum absolute atomic E-state index is 2.26. The van der Waals surface area contributed by atoms with Crippen LogP contribution in [0.5, 0.6) is 0 Å². The van der Waals surface area contributed by atoms with Crippen LogP contribution in [0.15, 0.2) is 54.6 Å². The summed E-state index contributed by atoms with van der Waals surface area (Å²) in [5.74, 6) is 1.14. The number of benzene rings is 2. The summed E-state index contributed by atoms with van der Waals surface area (Å²) >= 11 is 2.03. The molecule has 0 aliphatic heterocycles. The van der Waals surface area contributed by atoms with Crippen LogP contribution in [0.1, 0.15) is 21.9 Å². The molecule has 0 saturated carbocycles. The minimum atomic E-state index is 0.428. The number of hydrogen-bond acceptors (Lipinski definition) is 2. The van der Waals surface area contributed by atoms with E-state index in [0.717, 1.165) is 12.3 Å². The molecule has 1 nitrogen and oxygen atoms in total. The molecule has 0 aromatic heterocycles. The molecule has 1 atom stereocenters. The van der Waals surface area contributed by atoms with Crippen molar-refractivity contribution in [2.45, 2.75) is 12.2 Å². The van der Waals surface area contributed by atoms with Crippen LogP contribution in [0.4, 0.5) is 0 Å². The fourth-order valence-corrected chi connectivity index (χ4v) is 3.73. The van der Waals surface area contributed by atoms with Gasteiger partial charge in [-0.05, 0) is 37.7 Å². The van der Waals surface area contributed by atoms with Crippen LogP contribution in [0, 0.1) is 6.92 Å². The van der Waals surface area contributed by atoms with Gasteiger partial charge in [0.2, 0.25) is 0 Å². The highest BCUT2D eigenvalue weighted by atomic mass is 32.2. The first-order valence-corrected chi connectivity index (χ1v) is 8.10. The van der Waals surface area contributed by atoms with E-state index in [9.17, 15) is 0 Å². The molecular formula is C18H23NS. The van der Waals surface area contributed by atoms with Gasteiger partial charge in [-0.25, -0.2) is 0 Å². The molecule has 0 aliphatic carbocycles. The van der Waals surface area contributed by atoms with Crippen molar-refractivity contribution in [2.75, 3.05) is 26.4 Å². The van der Waals surface area contributed by atoms with E-state index in [0.29, 0.717) is 5.25 Å². The van der Waals surface area contributed by atoms with Crippen LogP contribution in [0.2, 0.25) is 0 Å². The van der Waals surface area contributed by atoms with E-state index < -0.39 is 0 Å². The van der Waals surface area contributed by atoms with Crippen molar-refractivity contribution >= 4 is 11.8 Å². The van der Waals surface area contributed by atoms with Crippen molar-refractivity contribution in [3.63, 3.8) is 0 Å². The van der Waals surface area contributed by atoms with Gasteiger partial charge in [-0.2, -0.15) is 0 Å². The predicted octanol–water partition coefficient (Wildman–Crippen LogP) is 4.38. The highest BCUT2D eigenvalue weighted by Crippen LogP contribution is 2.36. The first-order valence-electron chi connectivity index (χ1n) is 7.05. The summed E-state index contributed by atoms with van der Waals surface area (Å²) < 4.78 is 0. The average Bonchev–Trinajstić information content (AvgIpc) is 2.45. The molecule has 0 spiro atoms. The molecule has 0 amide bonds. The van der Waals surface area contributed by atoms with Crippen molar-refractivity contribution in [3.8, 4) is 0 Å². The lowest BCUT2D eigenvalue weighted by Gasteiger charge is -2.20. The number of nitrogens with zero attached hydrogens (tertiary/aromatic N) is 1. The van der Waals surface area contributed by atoms with Crippen LogP contribution in [0.25, 0.3) is 0 Å². The summed E-state index contributed by atoms with van der Waals surface area (Å²) in [6, 6.07) is 19.5. The van der Waals surface area contributed by atoms with Gasteiger partial charge < -0.3 is 4.90 Å². The summed E-state index contributed by atoms with van der Waals surface area (Å²) in [6.07, 6.45) is 0. The van der Waals surface area contributed by atoms with Crippen molar-refractivity contribution in [2.24, 2.45) is 0 Å². The molecule has 2 aromatic rings. The maximum atomic E-state index is 2.26. The lowest BCUT2D eigenvalue weighted by Crippen LogP contribution is -2.15. The first kappa shape index (κ1) is 15.1. The zero-order valence-electron chi connectivity index (χ0n) is 12.5. The van der Waals surface area contributed by atoms with Crippen molar-refractivity contribution < 1.29 is 0 Å². The Morgan fingerprint density at radius 1 is 0.950 bits per heavy atom. The van der Waals surface area contributed by atoms with Crippen LogP contribution in [-0.2, 0) is 0 Å². The molecule has 20 heavy (non-hydrogen) atoms. The Bertz CT molecular complexity index is 522. The smallest absolute Gasteiger partial charge is 0.0549 e. The van der Waals surface area contributed by atoms with E-state index in [1.807, 2.05) is 11.8 Å². The van der Waals surface area contributed by atoms with Gasteiger partial charge in [-0.15, -0.1) is 11.8 Å². The molecule has 0 heterocycles. The molecule has 2 heteroatoms. The SMILES string of the molecule is Cc1ccccc1[C@H](SCCN(C)C)c1ccccc1. The Labute approximate surface area is 127 Å². The fraction of sp³-hybridized carbons (Fsp3) is 0.333. The molecule has 0 N–H and O–H groups in total. The van der Waals surface area contributed by atoms with Crippen LogP contribution in [-0.4, -0.2) is 31.3 Å². The average molecular weight is 285 g/mol. The molecule has 0 radical (unpaired) electrons. The Morgan fingerprint density at radius 3 is 2.25 bits per heavy atom. The van der Waals surface area contributed by atoms with Gasteiger partial charge >= 0.3 is 0 Å². The number of rotatable bonds is 6. The molecule has 0 unspecified atom stereocenters. The minimum Gasteiger partial charge on any atom is -0.309 e. The third kappa shape index (κ3) is 4.12. The molecule has 0 fully saturated rings. The zero-order chi connectivity index (χ0) is 14.4. The second kappa shape index (κ2) is 7.51. The quantitative estimate of drug-likeness (QED) is 0.775. The topological polar surface area (TPSA) is 3.24 Å². The molecule has 106 valence electrons. The van der Waals surface area contributed by atoms with E-state index in [1.165, 1.54) is 16.7 Å². The minimum absolute atomic E-state index is 0.428. The van der Waals surface area contributed by atoms with E-state index >= 15 is 0 Å². The Morgan fingerprint density at radius 2 is 1.60 bits per heavy atom. The third-order valence-electron chi connectivity index (χ3n) is 3.40. The lowest BCUT2D eigenvalue weighted by molar-refractivity contribution is 0.437. The number of aryl methyl sites for hydroxylation is 1. The maximum Gasteiger partial charge on any atom is 0.0549 e. The second-order valence-electron chi connectivity index (χ2n) is 5.32. The van der Waals surface area contributed by atoms with Crippen LogP contribution in [0.3, 0.4) is 0 Å². The Kier molecular flexibility index (Phi) is 5.69. The molecule has 0 bridgehead atoms. The van der Waals surface area contributed by atoms with Gasteiger partial charge in [0.05, 0.1) is 5.25 Å². The summed E-state index contributed by atoms with van der Waals surface area (Å²) in [5.41, 5.74) is 4.20. The molecule has 0 aliphatic rings. The zero-order valence-corrected chi connectivity index (χ0v) is 13.4. The van der Waals surface area contributed by atoms with Gasteiger partial charge in [0.15, 0.2) is 0 Å². The number of hydrogen-bond donors (Lipinski definition) is 0.